The first-order chi connectivity index (χ1) is 18.0. The van der Waals surface area contributed by atoms with E-state index in [1.807, 2.05) is 37.3 Å². The number of nitrogens with zero attached hydrogens (tertiary/aromatic N) is 1. The van der Waals surface area contributed by atoms with Crippen molar-refractivity contribution in [3.8, 4) is 5.75 Å². The Balaban J connectivity index is 1.87. The zero-order chi connectivity index (χ0) is 28.0. The largest absolute Gasteiger partial charge is 0.490 e. The smallest absolute Gasteiger partial charge is 0.252 e. The van der Waals surface area contributed by atoms with Crippen molar-refractivity contribution in [3.05, 3.63) is 59.7 Å². The summed E-state index contributed by atoms with van der Waals surface area (Å²) in [6.45, 7) is 7.38. The number of amides is 2. The number of carbonyl (C=O) groups excluding carboxylic acids is 2. The number of aliphatic hydroxyl groups is 2. The molecular weight excluding hydrogens is 504 g/mol. The summed E-state index contributed by atoms with van der Waals surface area (Å²) in [4.78, 5) is 38.4. The van der Waals surface area contributed by atoms with E-state index in [0.29, 0.717) is 18.0 Å². The number of rotatable bonds is 11. The van der Waals surface area contributed by atoms with Gasteiger partial charge in [0, 0.05) is 49.3 Å². The Kier molecular flexibility index (Phi) is 10.1. The molecule has 0 aliphatic carbocycles. The maximum atomic E-state index is 13.5. The van der Waals surface area contributed by atoms with Gasteiger partial charge in [0.15, 0.2) is 8.32 Å². The average molecular weight is 545 g/mol. The summed E-state index contributed by atoms with van der Waals surface area (Å²) in [5, 5.41) is 21.8. The van der Waals surface area contributed by atoms with E-state index < -0.39 is 38.1 Å². The lowest BCUT2D eigenvalue weighted by atomic mass is 9.86. The van der Waals surface area contributed by atoms with E-state index in [9.17, 15) is 24.6 Å². The average Bonchev–Trinajstić information content (AvgIpc) is 2.86. The fourth-order valence-corrected chi connectivity index (χ4v) is 6.85. The van der Waals surface area contributed by atoms with Crippen molar-refractivity contribution in [2.24, 2.45) is 5.92 Å². The zero-order valence-electron chi connectivity index (χ0n) is 22.8. The molecule has 0 radical (unpaired) electrons. The van der Waals surface area contributed by atoms with Crippen molar-refractivity contribution in [3.63, 3.8) is 0 Å². The van der Waals surface area contributed by atoms with Gasteiger partial charge < -0.3 is 34.7 Å². The minimum absolute atomic E-state index is 0.0753. The molecule has 0 fully saturated rings. The molecule has 0 saturated heterocycles. The Morgan fingerprint density at radius 2 is 1.87 bits per heavy atom. The topological polar surface area (TPSA) is 129 Å². The number of ether oxygens (including phenoxy) is 2. The highest BCUT2D eigenvalue weighted by molar-refractivity contribution is 6.71. The Labute approximate surface area is 225 Å². The molecule has 1 unspecified atom stereocenters. The highest BCUT2D eigenvalue weighted by Gasteiger charge is 2.47. The van der Waals surface area contributed by atoms with E-state index in [0.717, 1.165) is 11.1 Å². The maximum Gasteiger partial charge on any atom is 0.252 e. The summed E-state index contributed by atoms with van der Waals surface area (Å²) in [5.41, 5.74) is 1.77. The molecule has 38 heavy (non-hydrogen) atoms. The summed E-state index contributed by atoms with van der Waals surface area (Å²) < 4.78 is 12.3. The van der Waals surface area contributed by atoms with Crippen LogP contribution in [0.15, 0.2) is 48.5 Å². The quantitative estimate of drug-likeness (QED) is 0.320. The van der Waals surface area contributed by atoms with Gasteiger partial charge in [-0.3, -0.25) is 9.59 Å². The van der Waals surface area contributed by atoms with Crippen LogP contribution < -0.4 is 10.1 Å². The van der Waals surface area contributed by atoms with Gasteiger partial charge in [-0.05, 0) is 43.8 Å². The third kappa shape index (κ3) is 7.21. The first-order valence-electron chi connectivity index (χ1n) is 12.9. The Morgan fingerprint density at radius 1 is 1.18 bits per heavy atom. The predicted molar refractivity (Wildman–Crippen MR) is 147 cm³/mol. The lowest BCUT2D eigenvalue weighted by molar-refractivity contribution is -0.133. The molecule has 1 heterocycles. The van der Waals surface area contributed by atoms with Crippen LogP contribution in [0.25, 0.3) is 0 Å². The molecule has 0 aromatic heterocycles. The normalized spacial score (nSPS) is 20.6. The number of fused-ring (bicyclic) bond motifs is 1. The van der Waals surface area contributed by atoms with Crippen LogP contribution in [-0.2, 0) is 20.9 Å². The van der Waals surface area contributed by atoms with Crippen molar-refractivity contribution >= 4 is 25.8 Å². The Morgan fingerprint density at radius 3 is 2.45 bits per heavy atom. The summed E-state index contributed by atoms with van der Waals surface area (Å²) >= 11 is 0. The molecule has 5 atom stereocenters. The minimum atomic E-state index is -2.92. The van der Waals surface area contributed by atoms with E-state index in [-0.39, 0.29) is 31.4 Å². The predicted octanol–water partition coefficient (Wildman–Crippen LogP) is 3.07. The van der Waals surface area contributed by atoms with Gasteiger partial charge in [0.05, 0.1) is 12.7 Å². The Hall–Kier alpha value is -2.76. The number of hydrogen-bond acceptors (Lipinski definition) is 7. The van der Waals surface area contributed by atoms with Crippen LogP contribution in [0.3, 0.4) is 0 Å². The molecule has 208 valence electrons. The molecular formula is C28H40N2O7Si. The maximum absolute atomic E-state index is 13.5. The molecule has 9 nitrogen and oxygen atoms in total. The van der Waals surface area contributed by atoms with E-state index in [4.69, 9.17) is 9.47 Å². The third-order valence-electron chi connectivity index (χ3n) is 7.11. The Bertz CT molecular complexity index is 1090. The second-order valence-corrected chi connectivity index (χ2v) is 14.6. The third-order valence-corrected chi connectivity index (χ3v) is 9.46. The van der Waals surface area contributed by atoms with Gasteiger partial charge in [-0.15, -0.1) is 0 Å². The summed E-state index contributed by atoms with van der Waals surface area (Å²) in [7, 11) is -1.33. The molecule has 0 spiro atoms. The van der Waals surface area contributed by atoms with Gasteiger partial charge in [0.2, 0.25) is 5.91 Å². The fraction of sp³-hybridized carbons (Fsp3) is 0.500. The lowest BCUT2D eigenvalue weighted by Gasteiger charge is -2.44. The van der Waals surface area contributed by atoms with Gasteiger partial charge in [-0.1, -0.05) is 37.3 Å². The van der Waals surface area contributed by atoms with Crippen molar-refractivity contribution in [2.45, 2.75) is 63.8 Å². The van der Waals surface area contributed by atoms with Gasteiger partial charge in [-0.25, -0.2) is 0 Å². The molecule has 10 heteroatoms. The number of methoxy groups -OCH3 is 1. The number of anilines is 1. The monoisotopic (exact) mass is 544 g/mol. The van der Waals surface area contributed by atoms with E-state index >= 15 is 0 Å². The second-order valence-electron chi connectivity index (χ2n) is 10.5. The molecule has 3 rings (SSSR count). The van der Waals surface area contributed by atoms with Gasteiger partial charge in [0.25, 0.3) is 5.91 Å². The van der Waals surface area contributed by atoms with E-state index in [1.165, 1.54) is 6.92 Å². The van der Waals surface area contributed by atoms with Crippen molar-refractivity contribution in [1.82, 2.24) is 4.90 Å². The summed E-state index contributed by atoms with van der Waals surface area (Å²) in [5.74, 6) is -0.333. The SMILES string of the molecule is CO[C@@H]1c2cc(NC(=O)[C@H](C)O)ccc2O[C@H](C(CC(=O)N(CCO)Cc2ccccc2)[Si](C)(C)O)[C@H]1C. The molecule has 0 saturated carbocycles. The number of nitrogens with one attached hydrogen (secondary N) is 1. The fourth-order valence-electron chi connectivity index (χ4n) is 5.00. The highest BCUT2D eigenvalue weighted by atomic mass is 28.4. The van der Waals surface area contributed by atoms with Crippen LogP contribution in [0, 0.1) is 5.92 Å². The van der Waals surface area contributed by atoms with Gasteiger partial charge in [0.1, 0.15) is 18.0 Å². The van der Waals surface area contributed by atoms with Crippen LogP contribution in [0.5, 0.6) is 5.75 Å². The molecule has 2 aromatic carbocycles. The van der Waals surface area contributed by atoms with Gasteiger partial charge in [-0.2, -0.15) is 0 Å². The molecule has 2 aromatic rings. The molecule has 4 N–H and O–H groups in total. The van der Waals surface area contributed by atoms with Crippen molar-refractivity contribution in [1.29, 1.82) is 0 Å². The standard InChI is InChI=1S/C28H40N2O7Si/c1-18-26(36-3)22-15-21(29-28(34)19(2)32)11-12-23(22)37-27(18)24(38(4,5)35)16-25(33)30(13-14-31)17-20-9-7-6-8-10-20/h6-12,15,18-19,24,26-27,31-32,35H,13-14,16-17H2,1-5H3,(H,29,34)/t18-,19-,24?,26-,27-/m0/s1. The van der Waals surface area contributed by atoms with Crippen LogP contribution >= 0.6 is 0 Å². The van der Waals surface area contributed by atoms with Crippen molar-refractivity contribution in [2.75, 3.05) is 25.6 Å². The van der Waals surface area contributed by atoms with Crippen molar-refractivity contribution < 1.29 is 34.1 Å². The number of aliphatic hydroxyl groups excluding tert-OH is 2. The molecule has 1 aliphatic heterocycles. The van der Waals surface area contributed by atoms with E-state index in [2.05, 4.69) is 5.32 Å². The van der Waals surface area contributed by atoms with E-state index in [1.54, 1.807) is 43.3 Å². The second kappa shape index (κ2) is 12.9. The lowest BCUT2D eigenvalue weighted by Crippen LogP contribution is -2.50. The molecule has 0 bridgehead atoms. The van der Waals surface area contributed by atoms with Crippen LogP contribution in [0.1, 0.15) is 37.5 Å². The van der Waals surface area contributed by atoms with Crippen LogP contribution in [0.2, 0.25) is 18.6 Å². The first-order valence-corrected chi connectivity index (χ1v) is 16.0. The summed E-state index contributed by atoms with van der Waals surface area (Å²) in [6, 6.07) is 14.8. The van der Waals surface area contributed by atoms with Crippen LogP contribution in [0.4, 0.5) is 5.69 Å². The summed E-state index contributed by atoms with van der Waals surface area (Å²) in [6.07, 6.45) is -1.97. The number of benzene rings is 2. The minimum Gasteiger partial charge on any atom is -0.490 e. The molecule has 2 amide bonds. The number of hydrogen-bond donors (Lipinski definition) is 4. The number of carbonyl (C=O) groups is 2. The zero-order valence-corrected chi connectivity index (χ0v) is 23.8. The highest BCUT2D eigenvalue weighted by Crippen LogP contribution is 2.47. The molecule has 1 aliphatic rings. The van der Waals surface area contributed by atoms with Gasteiger partial charge >= 0.3 is 0 Å². The first kappa shape index (κ1) is 29.8. The van der Waals surface area contributed by atoms with Crippen LogP contribution in [-0.4, -0.2) is 72.5 Å².